The molecule has 1 aromatic carbocycles. The minimum absolute atomic E-state index is 0.0107. The molecule has 0 aromatic heterocycles. The lowest BCUT2D eigenvalue weighted by Crippen LogP contribution is -1.89. The van der Waals surface area contributed by atoms with Crippen molar-refractivity contribution in [1.29, 1.82) is 0 Å². The van der Waals surface area contributed by atoms with E-state index in [-0.39, 0.29) is 12.3 Å². The van der Waals surface area contributed by atoms with Crippen LogP contribution in [0.25, 0.3) is 0 Å². The van der Waals surface area contributed by atoms with Crippen LogP contribution in [0.1, 0.15) is 5.56 Å². The van der Waals surface area contributed by atoms with Crippen LogP contribution in [0.4, 0.5) is 5.69 Å². The summed E-state index contributed by atoms with van der Waals surface area (Å²) in [6.07, 6.45) is 0. The average molecular weight is 199 g/mol. The fourth-order valence-electron chi connectivity index (χ4n) is 0.768. The highest BCUT2D eigenvalue weighted by molar-refractivity contribution is 6.13. The zero-order chi connectivity index (χ0) is 11.0. The lowest BCUT2D eigenvalue weighted by atomic mass is 10.2. The quantitative estimate of drug-likeness (QED) is 0.332. The molecule has 0 radical (unpaired) electrons. The summed E-state index contributed by atoms with van der Waals surface area (Å²) in [7, 11) is -0.750. The molecule has 0 aliphatic carbocycles. The number of rotatable bonds is 2. The Labute approximate surface area is 80.9 Å². The summed E-state index contributed by atoms with van der Waals surface area (Å²) in [5, 5.41) is 33.1. The summed E-state index contributed by atoms with van der Waals surface area (Å²) in [4.78, 5) is 9.71. The van der Waals surface area contributed by atoms with Crippen LogP contribution >= 0.6 is 0 Å². The average Bonchev–Trinajstić information content (AvgIpc) is 2.19. The SMILES string of the molecule is O=[N+]([O-])c1cccc(CO)c1.OBO. The number of nitrogens with zero attached hydrogens (tertiary/aromatic N) is 1. The van der Waals surface area contributed by atoms with Gasteiger partial charge in [-0.15, -0.1) is 0 Å². The number of hydrogen-bond donors (Lipinski definition) is 3. The normalized spacial score (nSPS) is 8.50. The number of aliphatic hydroxyl groups excluding tert-OH is 1. The first-order valence-electron chi connectivity index (χ1n) is 3.71. The van der Waals surface area contributed by atoms with Gasteiger partial charge in [0.2, 0.25) is 0 Å². The first-order valence-corrected chi connectivity index (χ1v) is 3.71. The van der Waals surface area contributed by atoms with Gasteiger partial charge in [0, 0.05) is 12.1 Å². The van der Waals surface area contributed by atoms with Crippen molar-refractivity contribution in [3.8, 4) is 0 Å². The fraction of sp³-hybridized carbons (Fsp3) is 0.143. The number of aliphatic hydroxyl groups is 1. The molecule has 7 heteroatoms. The topological polar surface area (TPSA) is 104 Å². The van der Waals surface area contributed by atoms with Gasteiger partial charge in [0.05, 0.1) is 11.5 Å². The molecule has 0 saturated heterocycles. The van der Waals surface area contributed by atoms with Gasteiger partial charge in [-0.1, -0.05) is 12.1 Å². The van der Waals surface area contributed by atoms with Crippen molar-refractivity contribution in [1.82, 2.24) is 0 Å². The van der Waals surface area contributed by atoms with Crippen LogP contribution in [-0.2, 0) is 6.61 Å². The predicted octanol–water partition coefficient (Wildman–Crippen LogP) is -0.675. The van der Waals surface area contributed by atoms with E-state index in [2.05, 4.69) is 0 Å². The summed E-state index contributed by atoms with van der Waals surface area (Å²) in [5.41, 5.74) is 0.566. The van der Waals surface area contributed by atoms with Crippen LogP contribution in [0, 0.1) is 10.1 Å². The lowest BCUT2D eigenvalue weighted by molar-refractivity contribution is -0.384. The van der Waals surface area contributed by atoms with E-state index in [9.17, 15) is 10.1 Å². The van der Waals surface area contributed by atoms with Crippen molar-refractivity contribution in [2.75, 3.05) is 0 Å². The summed E-state index contributed by atoms with van der Waals surface area (Å²) in [6.45, 7) is -0.165. The number of nitro benzene ring substituents is 1. The molecule has 0 saturated carbocycles. The third-order valence-electron chi connectivity index (χ3n) is 1.30. The molecule has 0 amide bonds. The van der Waals surface area contributed by atoms with E-state index in [4.69, 9.17) is 15.2 Å². The van der Waals surface area contributed by atoms with Gasteiger partial charge in [-0.05, 0) is 5.56 Å². The molecule has 0 spiro atoms. The molecular weight excluding hydrogens is 189 g/mol. The summed E-state index contributed by atoms with van der Waals surface area (Å²) in [6, 6.07) is 5.91. The van der Waals surface area contributed by atoms with Crippen LogP contribution < -0.4 is 0 Å². The zero-order valence-corrected chi connectivity index (χ0v) is 7.33. The van der Waals surface area contributed by atoms with Gasteiger partial charge in [-0.2, -0.15) is 0 Å². The second-order valence-corrected chi connectivity index (χ2v) is 2.23. The molecule has 3 N–H and O–H groups in total. The van der Waals surface area contributed by atoms with E-state index in [0.29, 0.717) is 5.56 Å². The first kappa shape index (κ1) is 12.6. The maximum absolute atomic E-state index is 10.2. The monoisotopic (exact) mass is 199 g/mol. The smallest absolute Gasteiger partial charge is 0.430 e. The van der Waals surface area contributed by atoms with E-state index in [1.165, 1.54) is 12.1 Å². The maximum atomic E-state index is 10.2. The standard InChI is InChI=1S/C7H7NO3.BH3O2/c9-5-6-2-1-3-7(4-6)8(10)11;2-1-3/h1-4,9H,5H2;1-3H. The fourth-order valence-corrected chi connectivity index (χ4v) is 0.768. The third-order valence-corrected chi connectivity index (χ3v) is 1.30. The molecule has 1 rings (SSSR count). The van der Waals surface area contributed by atoms with Gasteiger partial charge >= 0.3 is 7.69 Å². The molecule has 0 aliphatic heterocycles. The first-order chi connectivity index (χ1) is 6.65. The van der Waals surface area contributed by atoms with Gasteiger partial charge < -0.3 is 15.2 Å². The highest BCUT2D eigenvalue weighted by Crippen LogP contribution is 2.12. The van der Waals surface area contributed by atoms with Gasteiger partial charge in [-0.3, -0.25) is 10.1 Å². The van der Waals surface area contributed by atoms with Crippen molar-refractivity contribution in [2.24, 2.45) is 0 Å². The molecule has 76 valence electrons. The Morgan fingerprint density at radius 2 is 2.00 bits per heavy atom. The van der Waals surface area contributed by atoms with Crippen LogP contribution in [-0.4, -0.2) is 27.8 Å². The summed E-state index contributed by atoms with van der Waals surface area (Å²) >= 11 is 0. The minimum atomic E-state index is -0.750. The molecule has 14 heavy (non-hydrogen) atoms. The van der Waals surface area contributed by atoms with E-state index in [1.54, 1.807) is 12.1 Å². The molecular formula is C7H10BNO5. The highest BCUT2D eigenvalue weighted by atomic mass is 16.6. The van der Waals surface area contributed by atoms with Gasteiger partial charge in [0.1, 0.15) is 0 Å². The number of non-ortho nitro benzene ring substituents is 1. The van der Waals surface area contributed by atoms with Crippen molar-refractivity contribution < 1.29 is 20.1 Å². The van der Waals surface area contributed by atoms with Crippen molar-refractivity contribution in [3.05, 3.63) is 39.9 Å². The minimum Gasteiger partial charge on any atom is -0.430 e. The Morgan fingerprint density at radius 1 is 1.43 bits per heavy atom. The molecule has 6 nitrogen and oxygen atoms in total. The number of benzene rings is 1. The second-order valence-electron chi connectivity index (χ2n) is 2.23. The molecule has 1 aromatic rings. The van der Waals surface area contributed by atoms with Crippen LogP contribution in [0.2, 0.25) is 0 Å². The van der Waals surface area contributed by atoms with Crippen LogP contribution in [0.5, 0.6) is 0 Å². The lowest BCUT2D eigenvalue weighted by Gasteiger charge is -1.93. The molecule has 0 atom stereocenters. The van der Waals surface area contributed by atoms with Gasteiger partial charge in [0.15, 0.2) is 0 Å². The van der Waals surface area contributed by atoms with E-state index in [0.717, 1.165) is 0 Å². The maximum Gasteiger partial charge on any atom is 0.432 e. The van der Waals surface area contributed by atoms with Crippen LogP contribution in [0.15, 0.2) is 24.3 Å². The van der Waals surface area contributed by atoms with Crippen molar-refractivity contribution >= 4 is 13.4 Å². The zero-order valence-electron chi connectivity index (χ0n) is 7.33. The van der Waals surface area contributed by atoms with E-state index >= 15 is 0 Å². The third kappa shape index (κ3) is 4.56. The predicted molar refractivity (Wildman–Crippen MR) is 50.6 cm³/mol. The summed E-state index contributed by atoms with van der Waals surface area (Å²) in [5.74, 6) is 0. The van der Waals surface area contributed by atoms with E-state index < -0.39 is 12.6 Å². The van der Waals surface area contributed by atoms with Crippen LogP contribution in [0.3, 0.4) is 0 Å². The molecule has 0 bridgehead atoms. The van der Waals surface area contributed by atoms with Crippen molar-refractivity contribution in [2.45, 2.75) is 6.61 Å². The Morgan fingerprint density at radius 3 is 2.43 bits per heavy atom. The van der Waals surface area contributed by atoms with Crippen molar-refractivity contribution in [3.63, 3.8) is 0 Å². The Bertz CT molecular complexity index is 293. The molecule has 0 fully saturated rings. The Kier molecular flexibility index (Phi) is 6.30. The Hall–Kier alpha value is -1.44. The number of nitro groups is 1. The Balaban J connectivity index is 0.000000500. The van der Waals surface area contributed by atoms with E-state index in [1.807, 2.05) is 0 Å². The summed E-state index contributed by atoms with van der Waals surface area (Å²) < 4.78 is 0. The van der Waals surface area contributed by atoms with Gasteiger partial charge in [0.25, 0.3) is 5.69 Å². The van der Waals surface area contributed by atoms with Gasteiger partial charge in [-0.25, -0.2) is 0 Å². The molecule has 0 aliphatic rings. The molecule has 0 heterocycles. The molecule has 0 unspecified atom stereocenters. The highest BCUT2D eigenvalue weighted by Gasteiger charge is 2.03. The number of hydrogen-bond acceptors (Lipinski definition) is 5. The second kappa shape index (κ2) is 7.02. The largest absolute Gasteiger partial charge is 0.432 e.